The van der Waals surface area contributed by atoms with Gasteiger partial charge in [0.1, 0.15) is 0 Å². The summed E-state index contributed by atoms with van der Waals surface area (Å²) in [4.78, 5) is 11.1. The molecule has 0 spiro atoms. The zero-order valence-corrected chi connectivity index (χ0v) is 12.5. The molecule has 0 atom stereocenters. The van der Waals surface area contributed by atoms with Gasteiger partial charge in [0.25, 0.3) is 0 Å². The molecule has 1 aromatic carbocycles. The van der Waals surface area contributed by atoms with E-state index < -0.39 is 0 Å². The van der Waals surface area contributed by atoms with Gasteiger partial charge in [0, 0.05) is 18.9 Å². The van der Waals surface area contributed by atoms with Crippen LogP contribution in [0.5, 0.6) is 0 Å². The minimum absolute atomic E-state index is 0.894. The van der Waals surface area contributed by atoms with Crippen molar-refractivity contribution in [1.29, 1.82) is 0 Å². The summed E-state index contributed by atoms with van der Waals surface area (Å²) < 4.78 is 0. The summed E-state index contributed by atoms with van der Waals surface area (Å²) >= 11 is 0. The lowest BCUT2D eigenvalue weighted by atomic mass is 10.2. The first-order chi connectivity index (χ1) is 9.83. The molecule has 4 heteroatoms. The van der Waals surface area contributed by atoms with Gasteiger partial charge in [-0.05, 0) is 50.3 Å². The summed E-state index contributed by atoms with van der Waals surface area (Å²) in [7, 11) is 0. The lowest BCUT2D eigenvalue weighted by Crippen LogP contribution is -2.27. The Morgan fingerprint density at radius 1 is 1.05 bits per heavy atom. The standard InChI is InChI=1S/C16H24N4/c1-3-20(4-2)11-5-8-17-13-14-6-7-15-16(12-14)19-10-9-18-15/h6-7,9-10,12,17H,3-5,8,11,13H2,1-2H3. The summed E-state index contributed by atoms with van der Waals surface area (Å²) in [6.45, 7) is 9.82. The Hall–Kier alpha value is -1.52. The van der Waals surface area contributed by atoms with E-state index in [4.69, 9.17) is 0 Å². The molecule has 2 rings (SSSR count). The fourth-order valence-electron chi connectivity index (χ4n) is 2.32. The van der Waals surface area contributed by atoms with Crippen LogP contribution in [0.25, 0.3) is 11.0 Å². The van der Waals surface area contributed by atoms with E-state index in [1.165, 1.54) is 18.5 Å². The third-order valence-corrected chi connectivity index (χ3v) is 3.59. The Kier molecular flexibility index (Phi) is 5.89. The summed E-state index contributed by atoms with van der Waals surface area (Å²) in [6, 6.07) is 6.27. The second kappa shape index (κ2) is 7.92. The van der Waals surface area contributed by atoms with Crippen molar-refractivity contribution in [2.24, 2.45) is 0 Å². The molecule has 0 aliphatic heterocycles. The Morgan fingerprint density at radius 3 is 2.55 bits per heavy atom. The highest BCUT2D eigenvalue weighted by molar-refractivity contribution is 5.74. The van der Waals surface area contributed by atoms with Crippen LogP contribution in [0.1, 0.15) is 25.8 Å². The van der Waals surface area contributed by atoms with Crippen molar-refractivity contribution in [3.05, 3.63) is 36.2 Å². The van der Waals surface area contributed by atoms with Gasteiger partial charge in [-0.3, -0.25) is 9.97 Å². The molecule has 0 saturated carbocycles. The normalized spacial score (nSPS) is 11.3. The van der Waals surface area contributed by atoms with E-state index in [-0.39, 0.29) is 0 Å². The van der Waals surface area contributed by atoms with Gasteiger partial charge in [-0.15, -0.1) is 0 Å². The van der Waals surface area contributed by atoms with E-state index in [1.807, 2.05) is 6.07 Å². The zero-order chi connectivity index (χ0) is 14.2. The van der Waals surface area contributed by atoms with Crippen LogP contribution in [-0.4, -0.2) is 41.0 Å². The highest BCUT2D eigenvalue weighted by atomic mass is 15.1. The van der Waals surface area contributed by atoms with Crippen LogP contribution in [0.4, 0.5) is 0 Å². The predicted molar refractivity (Wildman–Crippen MR) is 83.6 cm³/mol. The number of hydrogen-bond acceptors (Lipinski definition) is 4. The van der Waals surface area contributed by atoms with Crippen LogP contribution in [0.15, 0.2) is 30.6 Å². The van der Waals surface area contributed by atoms with Gasteiger partial charge in [0.2, 0.25) is 0 Å². The summed E-state index contributed by atoms with van der Waals surface area (Å²) in [6.07, 6.45) is 4.66. The van der Waals surface area contributed by atoms with Gasteiger partial charge in [-0.2, -0.15) is 0 Å². The molecule has 0 fully saturated rings. The Bertz CT molecular complexity index is 523. The van der Waals surface area contributed by atoms with Crippen LogP contribution in [0, 0.1) is 0 Å². The van der Waals surface area contributed by atoms with E-state index in [0.29, 0.717) is 0 Å². The van der Waals surface area contributed by atoms with Gasteiger partial charge < -0.3 is 10.2 Å². The molecule has 0 aliphatic carbocycles. The molecule has 0 unspecified atom stereocenters. The molecule has 2 aromatic rings. The van der Waals surface area contributed by atoms with Crippen LogP contribution < -0.4 is 5.32 Å². The van der Waals surface area contributed by atoms with Crippen LogP contribution in [0.3, 0.4) is 0 Å². The molecule has 108 valence electrons. The number of hydrogen-bond donors (Lipinski definition) is 1. The van der Waals surface area contributed by atoms with Crippen molar-refractivity contribution in [2.75, 3.05) is 26.2 Å². The average Bonchev–Trinajstić information content (AvgIpc) is 2.51. The maximum atomic E-state index is 4.33. The number of benzene rings is 1. The van der Waals surface area contributed by atoms with Gasteiger partial charge in [-0.1, -0.05) is 19.9 Å². The molecule has 1 aromatic heterocycles. The van der Waals surface area contributed by atoms with Gasteiger partial charge in [0.05, 0.1) is 11.0 Å². The molecule has 0 saturated heterocycles. The van der Waals surface area contributed by atoms with Crippen molar-refractivity contribution in [1.82, 2.24) is 20.2 Å². The van der Waals surface area contributed by atoms with Crippen molar-refractivity contribution >= 4 is 11.0 Å². The van der Waals surface area contributed by atoms with Crippen LogP contribution >= 0.6 is 0 Å². The fourth-order valence-corrected chi connectivity index (χ4v) is 2.32. The largest absolute Gasteiger partial charge is 0.313 e. The fraction of sp³-hybridized carbons (Fsp3) is 0.500. The monoisotopic (exact) mass is 272 g/mol. The maximum absolute atomic E-state index is 4.33. The first-order valence-corrected chi connectivity index (χ1v) is 7.46. The Labute approximate surface area is 121 Å². The van der Waals surface area contributed by atoms with E-state index in [1.54, 1.807) is 12.4 Å². The lowest BCUT2D eigenvalue weighted by Gasteiger charge is -2.17. The number of rotatable bonds is 8. The molecule has 1 heterocycles. The molecule has 1 N–H and O–H groups in total. The summed E-state index contributed by atoms with van der Waals surface area (Å²) in [5, 5.41) is 3.50. The van der Waals surface area contributed by atoms with Gasteiger partial charge in [0.15, 0.2) is 0 Å². The zero-order valence-electron chi connectivity index (χ0n) is 12.5. The third kappa shape index (κ3) is 4.25. The number of aromatic nitrogens is 2. The summed E-state index contributed by atoms with van der Waals surface area (Å²) in [5.74, 6) is 0. The first-order valence-electron chi connectivity index (χ1n) is 7.46. The van der Waals surface area contributed by atoms with Crippen molar-refractivity contribution in [2.45, 2.75) is 26.8 Å². The second-order valence-electron chi connectivity index (χ2n) is 4.94. The topological polar surface area (TPSA) is 41.0 Å². The molecule has 0 aliphatic rings. The lowest BCUT2D eigenvalue weighted by molar-refractivity contribution is 0.298. The predicted octanol–water partition coefficient (Wildman–Crippen LogP) is 2.45. The Morgan fingerprint density at radius 2 is 1.80 bits per heavy atom. The average molecular weight is 272 g/mol. The minimum Gasteiger partial charge on any atom is -0.313 e. The maximum Gasteiger partial charge on any atom is 0.0890 e. The Balaban J connectivity index is 1.75. The van der Waals surface area contributed by atoms with Gasteiger partial charge >= 0.3 is 0 Å². The van der Waals surface area contributed by atoms with E-state index in [0.717, 1.165) is 37.2 Å². The van der Waals surface area contributed by atoms with Gasteiger partial charge in [-0.25, -0.2) is 0 Å². The number of fused-ring (bicyclic) bond motifs is 1. The van der Waals surface area contributed by atoms with Crippen molar-refractivity contribution in [3.8, 4) is 0 Å². The van der Waals surface area contributed by atoms with Crippen LogP contribution in [0.2, 0.25) is 0 Å². The van der Waals surface area contributed by atoms with Crippen molar-refractivity contribution in [3.63, 3.8) is 0 Å². The SMILES string of the molecule is CCN(CC)CCCNCc1ccc2nccnc2c1. The summed E-state index contributed by atoms with van der Waals surface area (Å²) in [5.41, 5.74) is 3.19. The van der Waals surface area contributed by atoms with E-state index in [9.17, 15) is 0 Å². The number of nitrogens with one attached hydrogen (secondary N) is 1. The van der Waals surface area contributed by atoms with E-state index >= 15 is 0 Å². The molecule has 20 heavy (non-hydrogen) atoms. The second-order valence-corrected chi connectivity index (χ2v) is 4.94. The van der Waals surface area contributed by atoms with Crippen molar-refractivity contribution < 1.29 is 0 Å². The molecular formula is C16H24N4. The molecule has 0 radical (unpaired) electrons. The minimum atomic E-state index is 0.894. The van der Waals surface area contributed by atoms with E-state index in [2.05, 4.69) is 46.2 Å². The molecule has 0 bridgehead atoms. The highest BCUT2D eigenvalue weighted by Crippen LogP contribution is 2.10. The van der Waals surface area contributed by atoms with Crippen LogP contribution in [-0.2, 0) is 6.54 Å². The molecule has 4 nitrogen and oxygen atoms in total. The first kappa shape index (κ1) is 14.9. The quantitative estimate of drug-likeness (QED) is 0.749. The number of nitrogens with zero attached hydrogens (tertiary/aromatic N) is 3. The molecular weight excluding hydrogens is 248 g/mol. The smallest absolute Gasteiger partial charge is 0.0890 e. The molecule has 0 amide bonds. The highest BCUT2D eigenvalue weighted by Gasteiger charge is 2.00. The third-order valence-electron chi connectivity index (χ3n) is 3.59.